The number of aromatic nitrogens is 2. The van der Waals surface area contributed by atoms with Gasteiger partial charge in [0.1, 0.15) is 5.69 Å². The molecule has 1 aliphatic heterocycles. The zero-order valence-corrected chi connectivity index (χ0v) is 9.40. The summed E-state index contributed by atoms with van der Waals surface area (Å²) in [7, 11) is 0. The predicted octanol–water partition coefficient (Wildman–Crippen LogP) is -0.614. The molecule has 0 saturated carbocycles. The van der Waals surface area contributed by atoms with Crippen molar-refractivity contribution >= 4 is 17.4 Å². The number of carbonyl (C=O) groups is 1. The van der Waals surface area contributed by atoms with Gasteiger partial charge in [-0.15, -0.1) is 0 Å². The van der Waals surface area contributed by atoms with Crippen LogP contribution in [-0.4, -0.2) is 40.4 Å². The molecule has 0 aliphatic carbocycles. The van der Waals surface area contributed by atoms with Gasteiger partial charge in [-0.25, -0.2) is 4.98 Å². The van der Waals surface area contributed by atoms with E-state index in [9.17, 15) is 9.59 Å². The molecule has 7 nitrogen and oxygen atoms in total. The van der Waals surface area contributed by atoms with E-state index in [2.05, 4.69) is 15.3 Å². The molecule has 2 heterocycles. The largest absolute Gasteiger partial charge is 0.391 e. The van der Waals surface area contributed by atoms with Crippen LogP contribution in [0.4, 0.5) is 11.5 Å². The zero-order chi connectivity index (χ0) is 12.3. The number of aromatic amines is 1. The maximum absolute atomic E-state index is 11.7. The number of nitrogens with one attached hydrogen (secondary N) is 2. The Hall–Kier alpha value is -2.05. The molecule has 0 unspecified atom stereocenters. The van der Waals surface area contributed by atoms with Crippen molar-refractivity contribution in [2.75, 3.05) is 30.7 Å². The Bertz CT molecular complexity index is 464. The summed E-state index contributed by atoms with van der Waals surface area (Å²) in [6.07, 6.45) is 3.36. The molecule has 0 spiro atoms. The zero-order valence-electron chi connectivity index (χ0n) is 9.40. The highest BCUT2D eigenvalue weighted by Gasteiger charge is 2.17. The van der Waals surface area contributed by atoms with E-state index in [0.717, 1.165) is 25.9 Å². The average Bonchev–Trinajstić information content (AvgIpc) is 2.84. The van der Waals surface area contributed by atoms with Crippen LogP contribution in [0.5, 0.6) is 0 Å². The van der Waals surface area contributed by atoms with Crippen LogP contribution in [0.3, 0.4) is 0 Å². The number of anilines is 2. The topological polar surface area (TPSA) is 104 Å². The molecule has 0 atom stereocenters. The third-order valence-electron chi connectivity index (χ3n) is 2.75. The van der Waals surface area contributed by atoms with Gasteiger partial charge in [0, 0.05) is 13.1 Å². The fourth-order valence-electron chi connectivity index (χ4n) is 1.79. The number of nitrogens with two attached hydrogens (primary N) is 1. The molecular weight excluding hydrogens is 222 g/mol. The standard InChI is InChI=1S/C10H15N5O2/c11-8-9(13-6-14-10(8)17)12-5-7(16)15-3-1-2-4-15/h6H,1-5,11H2,(H2,12,13,14,17). The first kappa shape index (κ1) is 11.4. The van der Waals surface area contributed by atoms with Crippen molar-refractivity contribution < 1.29 is 4.79 Å². The van der Waals surface area contributed by atoms with Crippen molar-refractivity contribution in [3.63, 3.8) is 0 Å². The van der Waals surface area contributed by atoms with Crippen molar-refractivity contribution in [2.24, 2.45) is 0 Å². The lowest BCUT2D eigenvalue weighted by molar-refractivity contribution is -0.128. The van der Waals surface area contributed by atoms with Crippen LogP contribution < -0.4 is 16.6 Å². The van der Waals surface area contributed by atoms with Crippen molar-refractivity contribution in [1.29, 1.82) is 0 Å². The summed E-state index contributed by atoms with van der Waals surface area (Å²) in [5.74, 6) is 0.255. The third-order valence-corrected chi connectivity index (χ3v) is 2.75. The van der Waals surface area contributed by atoms with Crippen LogP contribution in [0, 0.1) is 0 Å². The van der Waals surface area contributed by atoms with Gasteiger partial charge in [-0.1, -0.05) is 0 Å². The molecule has 1 aromatic heterocycles. The van der Waals surface area contributed by atoms with Gasteiger partial charge in [-0.2, -0.15) is 0 Å². The van der Waals surface area contributed by atoms with Crippen molar-refractivity contribution in [1.82, 2.24) is 14.9 Å². The molecule has 7 heteroatoms. The first-order valence-corrected chi connectivity index (χ1v) is 5.53. The minimum absolute atomic E-state index is 0.00159. The minimum atomic E-state index is -0.406. The fraction of sp³-hybridized carbons (Fsp3) is 0.500. The quantitative estimate of drug-likeness (QED) is 0.650. The summed E-state index contributed by atoms with van der Waals surface area (Å²) in [5, 5.41) is 2.78. The predicted molar refractivity (Wildman–Crippen MR) is 63.6 cm³/mol. The monoisotopic (exact) mass is 237 g/mol. The van der Waals surface area contributed by atoms with Crippen molar-refractivity contribution in [3.8, 4) is 0 Å². The van der Waals surface area contributed by atoms with E-state index in [1.165, 1.54) is 6.33 Å². The molecule has 4 N–H and O–H groups in total. The van der Waals surface area contributed by atoms with E-state index in [-0.39, 0.29) is 24.0 Å². The highest BCUT2D eigenvalue weighted by atomic mass is 16.2. The Balaban J connectivity index is 1.95. The van der Waals surface area contributed by atoms with Crippen LogP contribution in [0.2, 0.25) is 0 Å². The molecule has 1 aromatic rings. The fourth-order valence-corrected chi connectivity index (χ4v) is 1.79. The second kappa shape index (κ2) is 4.86. The first-order chi connectivity index (χ1) is 8.18. The van der Waals surface area contributed by atoms with E-state index in [4.69, 9.17) is 5.73 Å². The third kappa shape index (κ3) is 2.55. The van der Waals surface area contributed by atoms with Gasteiger partial charge in [0.25, 0.3) is 5.56 Å². The van der Waals surface area contributed by atoms with E-state index >= 15 is 0 Å². The van der Waals surface area contributed by atoms with Crippen LogP contribution in [0.15, 0.2) is 11.1 Å². The molecule has 0 bridgehead atoms. The van der Waals surface area contributed by atoms with E-state index < -0.39 is 5.56 Å². The van der Waals surface area contributed by atoms with Gasteiger partial charge in [-0.05, 0) is 12.8 Å². The van der Waals surface area contributed by atoms with Crippen LogP contribution >= 0.6 is 0 Å². The second-order valence-corrected chi connectivity index (χ2v) is 3.94. The molecule has 0 aromatic carbocycles. The number of rotatable bonds is 3. The maximum Gasteiger partial charge on any atom is 0.276 e. The Morgan fingerprint density at radius 2 is 2.24 bits per heavy atom. The lowest BCUT2D eigenvalue weighted by atomic mass is 10.4. The van der Waals surface area contributed by atoms with Crippen LogP contribution in [0.1, 0.15) is 12.8 Å². The molecular formula is C10H15N5O2. The molecule has 92 valence electrons. The van der Waals surface area contributed by atoms with Crippen LogP contribution in [-0.2, 0) is 4.79 Å². The average molecular weight is 237 g/mol. The summed E-state index contributed by atoms with van der Waals surface area (Å²) < 4.78 is 0. The van der Waals surface area contributed by atoms with Gasteiger partial charge in [0.05, 0.1) is 12.9 Å². The molecule has 0 radical (unpaired) electrons. The second-order valence-electron chi connectivity index (χ2n) is 3.94. The van der Waals surface area contributed by atoms with Crippen molar-refractivity contribution in [3.05, 3.63) is 16.7 Å². The molecule has 2 rings (SSSR count). The number of carbonyl (C=O) groups excluding carboxylic acids is 1. The SMILES string of the molecule is Nc1c(NCC(=O)N2CCCC2)nc[nH]c1=O. The molecule has 1 amide bonds. The normalized spacial score (nSPS) is 14.9. The van der Waals surface area contributed by atoms with Crippen LogP contribution in [0.25, 0.3) is 0 Å². The van der Waals surface area contributed by atoms with E-state index in [0.29, 0.717) is 0 Å². The lowest BCUT2D eigenvalue weighted by Crippen LogP contribution is -2.33. The Kier molecular flexibility index (Phi) is 3.27. The smallest absolute Gasteiger partial charge is 0.276 e. The summed E-state index contributed by atoms with van der Waals surface area (Å²) in [4.78, 5) is 30.9. The number of nitrogen functional groups attached to an aromatic ring is 1. The number of hydrogen-bond acceptors (Lipinski definition) is 5. The van der Waals surface area contributed by atoms with Gasteiger partial charge < -0.3 is 20.9 Å². The highest BCUT2D eigenvalue weighted by Crippen LogP contribution is 2.09. The van der Waals surface area contributed by atoms with Crippen molar-refractivity contribution in [2.45, 2.75) is 12.8 Å². The molecule has 1 aliphatic rings. The lowest BCUT2D eigenvalue weighted by Gasteiger charge is -2.15. The summed E-state index contributed by atoms with van der Waals surface area (Å²) in [5.41, 5.74) is 5.12. The number of hydrogen-bond donors (Lipinski definition) is 3. The minimum Gasteiger partial charge on any atom is -0.391 e. The number of nitrogens with zero attached hydrogens (tertiary/aromatic N) is 2. The van der Waals surface area contributed by atoms with Gasteiger partial charge in [-0.3, -0.25) is 9.59 Å². The van der Waals surface area contributed by atoms with E-state index in [1.54, 1.807) is 4.90 Å². The maximum atomic E-state index is 11.7. The number of likely N-dealkylation sites (tertiary alicyclic amines) is 1. The number of H-pyrrole nitrogens is 1. The summed E-state index contributed by atoms with van der Waals surface area (Å²) in [6.45, 7) is 1.72. The Morgan fingerprint density at radius 3 is 2.94 bits per heavy atom. The number of amides is 1. The molecule has 1 saturated heterocycles. The molecule has 1 fully saturated rings. The Morgan fingerprint density at radius 1 is 1.53 bits per heavy atom. The van der Waals surface area contributed by atoms with Gasteiger partial charge in [0.15, 0.2) is 5.82 Å². The van der Waals surface area contributed by atoms with E-state index in [1.807, 2.05) is 0 Å². The highest BCUT2D eigenvalue weighted by molar-refractivity contribution is 5.81. The van der Waals surface area contributed by atoms with Gasteiger partial charge >= 0.3 is 0 Å². The first-order valence-electron chi connectivity index (χ1n) is 5.53. The Labute approximate surface area is 98.0 Å². The van der Waals surface area contributed by atoms with Gasteiger partial charge in [0.2, 0.25) is 5.91 Å². The molecule has 17 heavy (non-hydrogen) atoms. The summed E-state index contributed by atoms with van der Waals surface area (Å²) >= 11 is 0. The summed E-state index contributed by atoms with van der Waals surface area (Å²) in [6, 6.07) is 0.